The lowest BCUT2D eigenvalue weighted by Crippen LogP contribution is -2.22. The largest absolute Gasteiger partial charge is 0.308 e. The van der Waals surface area contributed by atoms with Crippen molar-refractivity contribution in [1.82, 2.24) is 15.1 Å². The summed E-state index contributed by atoms with van der Waals surface area (Å²) >= 11 is 16.0. The van der Waals surface area contributed by atoms with Gasteiger partial charge in [-0.15, -0.1) is 0 Å². The van der Waals surface area contributed by atoms with Crippen molar-refractivity contribution in [3.05, 3.63) is 50.2 Å². The van der Waals surface area contributed by atoms with Crippen molar-refractivity contribution in [2.24, 2.45) is 0 Å². The first-order valence-corrected chi connectivity index (χ1v) is 7.96. The molecule has 0 bridgehead atoms. The van der Waals surface area contributed by atoms with Gasteiger partial charge < -0.3 is 5.32 Å². The first kappa shape index (κ1) is 15.8. The summed E-state index contributed by atoms with van der Waals surface area (Å²) in [5.74, 6) is 0. The van der Waals surface area contributed by atoms with Crippen LogP contribution < -0.4 is 5.32 Å². The molecular weight excluding hydrogens is 361 g/mol. The Hall–Kier alpha value is -0.550. The molecule has 0 radical (unpaired) electrons. The van der Waals surface area contributed by atoms with E-state index in [2.05, 4.69) is 33.3 Å². The van der Waals surface area contributed by atoms with Gasteiger partial charge in [0.1, 0.15) is 0 Å². The summed E-state index contributed by atoms with van der Waals surface area (Å²) in [5, 5.41) is 9.00. The topological polar surface area (TPSA) is 29.9 Å². The minimum Gasteiger partial charge on any atom is -0.308 e. The molecule has 2 rings (SSSR count). The summed E-state index contributed by atoms with van der Waals surface area (Å²) in [6.45, 7) is 2.95. The van der Waals surface area contributed by atoms with E-state index in [1.165, 1.54) is 0 Å². The zero-order chi connectivity index (χ0) is 14.7. The molecule has 0 fully saturated rings. The summed E-state index contributed by atoms with van der Waals surface area (Å²) in [7, 11) is 1.90. The van der Waals surface area contributed by atoms with Crippen molar-refractivity contribution < 1.29 is 0 Å². The number of aromatic nitrogens is 2. The zero-order valence-corrected chi connectivity index (χ0v) is 14.4. The molecule has 6 heteroatoms. The lowest BCUT2D eigenvalue weighted by molar-refractivity contribution is 0.534. The van der Waals surface area contributed by atoms with Crippen molar-refractivity contribution in [3.63, 3.8) is 0 Å². The second-order valence-corrected chi connectivity index (χ2v) is 6.19. The first-order chi connectivity index (χ1) is 9.58. The highest BCUT2D eigenvalue weighted by atomic mass is 79.9. The second-order valence-electron chi connectivity index (χ2n) is 4.49. The van der Waals surface area contributed by atoms with Gasteiger partial charge >= 0.3 is 0 Å². The van der Waals surface area contributed by atoms with Crippen LogP contribution >= 0.6 is 39.1 Å². The SMILES string of the molecule is CCCn1ncc(Cl)c1C(NC)c1cc(Cl)ccc1Br. The minimum absolute atomic E-state index is 0.0652. The monoisotopic (exact) mass is 375 g/mol. The van der Waals surface area contributed by atoms with E-state index in [1.807, 2.05) is 29.9 Å². The Bertz CT molecular complexity index is 598. The standard InChI is InChI=1S/C14H16BrCl2N3/c1-3-6-20-14(12(17)8-19-20)13(18-2)10-7-9(16)4-5-11(10)15/h4-5,7-8,13,18H,3,6H2,1-2H3. The molecule has 0 saturated heterocycles. The Balaban J connectivity index is 2.52. The van der Waals surface area contributed by atoms with E-state index in [4.69, 9.17) is 23.2 Å². The number of halogens is 3. The Morgan fingerprint density at radius 2 is 2.15 bits per heavy atom. The Morgan fingerprint density at radius 3 is 2.80 bits per heavy atom. The van der Waals surface area contributed by atoms with Gasteiger partial charge in [-0.1, -0.05) is 46.1 Å². The summed E-state index contributed by atoms with van der Waals surface area (Å²) in [4.78, 5) is 0. The highest BCUT2D eigenvalue weighted by molar-refractivity contribution is 9.10. The van der Waals surface area contributed by atoms with Gasteiger partial charge in [-0.05, 0) is 37.2 Å². The normalized spacial score (nSPS) is 12.7. The predicted molar refractivity (Wildman–Crippen MR) is 87.6 cm³/mol. The molecule has 2 aromatic rings. The minimum atomic E-state index is -0.0652. The molecule has 108 valence electrons. The number of hydrogen-bond donors (Lipinski definition) is 1. The third-order valence-corrected chi connectivity index (χ3v) is 4.35. The summed E-state index contributed by atoms with van der Waals surface area (Å²) in [5.41, 5.74) is 2.00. The van der Waals surface area contributed by atoms with E-state index in [1.54, 1.807) is 6.20 Å². The van der Waals surface area contributed by atoms with Crippen molar-refractivity contribution in [2.75, 3.05) is 7.05 Å². The Labute approximate surface area is 137 Å². The smallest absolute Gasteiger partial charge is 0.0837 e. The molecule has 1 unspecified atom stereocenters. The molecule has 0 aliphatic heterocycles. The molecule has 1 atom stereocenters. The number of hydrogen-bond acceptors (Lipinski definition) is 2. The molecule has 0 aliphatic carbocycles. The molecule has 1 N–H and O–H groups in total. The molecule has 1 aromatic heterocycles. The Morgan fingerprint density at radius 1 is 1.40 bits per heavy atom. The fourth-order valence-corrected chi connectivity index (χ4v) is 3.13. The van der Waals surface area contributed by atoms with E-state index >= 15 is 0 Å². The van der Waals surface area contributed by atoms with Crippen LogP contribution in [-0.2, 0) is 6.54 Å². The number of nitrogens with zero attached hydrogens (tertiary/aromatic N) is 2. The third-order valence-electron chi connectivity index (χ3n) is 3.10. The zero-order valence-electron chi connectivity index (χ0n) is 11.3. The maximum Gasteiger partial charge on any atom is 0.0837 e. The molecule has 0 spiro atoms. The average Bonchev–Trinajstić information content (AvgIpc) is 2.77. The van der Waals surface area contributed by atoms with Crippen LogP contribution in [0.15, 0.2) is 28.9 Å². The summed E-state index contributed by atoms with van der Waals surface area (Å²) in [6, 6.07) is 5.67. The number of aryl methyl sites for hydroxylation is 1. The molecule has 0 aliphatic rings. The maximum absolute atomic E-state index is 6.32. The van der Waals surface area contributed by atoms with Crippen LogP contribution in [0.3, 0.4) is 0 Å². The number of benzene rings is 1. The highest BCUT2D eigenvalue weighted by Crippen LogP contribution is 2.33. The van der Waals surface area contributed by atoms with E-state index in [9.17, 15) is 0 Å². The van der Waals surface area contributed by atoms with Crippen molar-refractivity contribution in [3.8, 4) is 0 Å². The van der Waals surface area contributed by atoms with Crippen molar-refractivity contribution in [1.29, 1.82) is 0 Å². The van der Waals surface area contributed by atoms with Crippen molar-refractivity contribution in [2.45, 2.75) is 25.9 Å². The van der Waals surface area contributed by atoms with Gasteiger partial charge in [0.25, 0.3) is 0 Å². The van der Waals surface area contributed by atoms with Gasteiger partial charge in [0.15, 0.2) is 0 Å². The van der Waals surface area contributed by atoms with Crippen LogP contribution in [0, 0.1) is 0 Å². The third kappa shape index (κ3) is 3.19. The van der Waals surface area contributed by atoms with Crippen LogP contribution in [0.2, 0.25) is 10.0 Å². The highest BCUT2D eigenvalue weighted by Gasteiger charge is 2.22. The predicted octanol–water partition coefficient (Wildman–Crippen LogP) is 4.67. The van der Waals surface area contributed by atoms with Crippen LogP contribution in [0.25, 0.3) is 0 Å². The quantitative estimate of drug-likeness (QED) is 0.821. The van der Waals surface area contributed by atoms with Gasteiger partial charge in [0, 0.05) is 16.0 Å². The Kier molecular flexibility index (Phi) is 5.49. The van der Waals surface area contributed by atoms with Gasteiger partial charge in [-0.3, -0.25) is 4.68 Å². The second kappa shape index (κ2) is 6.94. The number of rotatable bonds is 5. The fraction of sp³-hybridized carbons (Fsp3) is 0.357. The van der Waals surface area contributed by atoms with Crippen molar-refractivity contribution >= 4 is 39.1 Å². The molecule has 0 amide bonds. The molecule has 1 heterocycles. The maximum atomic E-state index is 6.32. The van der Waals surface area contributed by atoms with E-state index in [0.29, 0.717) is 10.0 Å². The lowest BCUT2D eigenvalue weighted by atomic mass is 10.0. The molecule has 1 aromatic carbocycles. The summed E-state index contributed by atoms with van der Waals surface area (Å²) < 4.78 is 2.93. The van der Waals surface area contributed by atoms with Gasteiger partial charge in [-0.2, -0.15) is 5.10 Å². The summed E-state index contributed by atoms with van der Waals surface area (Å²) in [6.07, 6.45) is 2.69. The first-order valence-electron chi connectivity index (χ1n) is 6.41. The fourth-order valence-electron chi connectivity index (χ4n) is 2.22. The van der Waals surface area contributed by atoms with Crippen LogP contribution in [0.1, 0.15) is 30.6 Å². The molecule has 20 heavy (non-hydrogen) atoms. The lowest BCUT2D eigenvalue weighted by Gasteiger charge is -2.20. The average molecular weight is 377 g/mol. The van der Waals surface area contributed by atoms with E-state index in [-0.39, 0.29) is 6.04 Å². The van der Waals surface area contributed by atoms with Crippen LogP contribution in [-0.4, -0.2) is 16.8 Å². The van der Waals surface area contributed by atoms with Gasteiger partial charge in [-0.25, -0.2) is 0 Å². The van der Waals surface area contributed by atoms with Gasteiger partial charge in [0.2, 0.25) is 0 Å². The van der Waals surface area contributed by atoms with Gasteiger partial charge in [0.05, 0.1) is 23.0 Å². The van der Waals surface area contributed by atoms with E-state index in [0.717, 1.165) is 28.7 Å². The van der Waals surface area contributed by atoms with Crippen LogP contribution in [0.5, 0.6) is 0 Å². The molecular formula is C14H16BrCl2N3. The number of nitrogens with one attached hydrogen (secondary N) is 1. The van der Waals surface area contributed by atoms with E-state index < -0.39 is 0 Å². The van der Waals surface area contributed by atoms with Crippen LogP contribution in [0.4, 0.5) is 0 Å². The molecule has 0 saturated carbocycles. The molecule has 3 nitrogen and oxygen atoms in total.